The molecule has 5 heteroatoms. The highest BCUT2D eigenvalue weighted by molar-refractivity contribution is 7.07. The summed E-state index contributed by atoms with van der Waals surface area (Å²) in [6, 6.07) is 0. The van der Waals surface area contributed by atoms with Crippen LogP contribution in [0.4, 0.5) is 0 Å². The molecule has 0 saturated carbocycles. The van der Waals surface area contributed by atoms with E-state index < -0.39 is 5.54 Å². The Morgan fingerprint density at radius 3 is 2.73 bits per heavy atom. The maximum Gasteiger partial charge on any atom is 0.241 e. The van der Waals surface area contributed by atoms with Gasteiger partial charge < -0.3 is 4.90 Å². The zero-order valence-electron chi connectivity index (χ0n) is 9.57. The highest BCUT2D eigenvalue weighted by atomic mass is 32.1. The minimum Gasteiger partial charge on any atom is -0.347 e. The number of hydrogen-bond donors (Lipinski definition) is 1. The molecule has 84 valence electrons. The van der Waals surface area contributed by atoms with Gasteiger partial charge in [-0.1, -0.05) is 0 Å². The topological polar surface area (TPSA) is 45.2 Å². The van der Waals surface area contributed by atoms with Crippen molar-refractivity contribution in [3.63, 3.8) is 0 Å². The van der Waals surface area contributed by atoms with Crippen molar-refractivity contribution in [2.45, 2.75) is 25.9 Å². The Kier molecular flexibility index (Phi) is 3.82. The Hall–Kier alpha value is -0.940. The van der Waals surface area contributed by atoms with E-state index in [9.17, 15) is 4.79 Å². The molecule has 0 fully saturated rings. The van der Waals surface area contributed by atoms with Gasteiger partial charge in [-0.15, -0.1) is 11.3 Å². The predicted molar refractivity (Wildman–Crippen MR) is 61.7 cm³/mol. The number of hydrogen-bond acceptors (Lipinski definition) is 4. The van der Waals surface area contributed by atoms with Crippen molar-refractivity contribution in [3.8, 4) is 0 Å². The Morgan fingerprint density at radius 1 is 1.60 bits per heavy atom. The second-order valence-corrected chi connectivity index (χ2v) is 4.88. The average molecular weight is 227 g/mol. The highest BCUT2D eigenvalue weighted by Gasteiger charge is 2.28. The maximum absolute atomic E-state index is 11.8. The van der Waals surface area contributed by atoms with Crippen LogP contribution < -0.4 is 5.32 Å². The first-order valence-corrected chi connectivity index (χ1v) is 5.71. The molecule has 0 aliphatic carbocycles. The van der Waals surface area contributed by atoms with Gasteiger partial charge in [0.2, 0.25) is 5.91 Å². The SMILES string of the molecule is CN(C)C(=O)C(C)(C)NCc1cscn1. The third-order valence-electron chi connectivity index (χ3n) is 2.14. The molecule has 1 rings (SSSR count). The third kappa shape index (κ3) is 3.28. The van der Waals surface area contributed by atoms with E-state index in [1.807, 2.05) is 19.2 Å². The monoisotopic (exact) mass is 227 g/mol. The lowest BCUT2D eigenvalue weighted by molar-refractivity contribution is -0.134. The minimum absolute atomic E-state index is 0.0673. The summed E-state index contributed by atoms with van der Waals surface area (Å²) in [6.45, 7) is 4.37. The van der Waals surface area contributed by atoms with Gasteiger partial charge in [0.25, 0.3) is 0 Å². The van der Waals surface area contributed by atoms with E-state index in [2.05, 4.69) is 10.3 Å². The summed E-state index contributed by atoms with van der Waals surface area (Å²) < 4.78 is 0. The first kappa shape index (κ1) is 12.1. The molecule has 0 radical (unpaired) electrons. The molecule has 1 aromatic rings. The van der Waals surface area contributed by atoms with Gasteiger partial charge in [0.05, 0.1) is 16.7 Å². The van der Waals surface area contributed by atoms with Crippen molar-refractivity contribution in [2.24, 2.45) is 0 Å². The molecule has 1 N–H and O–H groups in total. The van der Waals surface area contributed by atoms with E-state index >= 15 is 0 Å². The molecule has 4 nitrogen and oxygen atoms in total. The molecule has 0 saturated heterocycles. The fourth-order valence-electron chi connectivity index (χ4n) is 1.27. The van der Waals surface area contributed by atoms with E-state index in [-0.39, 0.29) is 5.91 Å². The van der Waals surface area contributed by atoms with Gasteiger partial charge in [-0.25, -0.2) is 4.98 Å². The van der Waals surface area contributed by atoms with Gasteiger partial charge >= 0.3 is 0 Å². The predicted octanol–water partition coefficient (Wildman–Crippen LogP) is 1.10. The van der Waals surface area contributed by atoms with Gasteiger partial charge in [0.15, 0.2) is 0 Å². The second-order valence-electron chi connectivity index (χ2n) is 4.16. The van der Waals surface area contributed by atoms with Crippen molar-refractivity contribution >= 4 is 17.2 Å². The fraction of sp³-hybridized carbons (Fsp3) is 0.600. The zero-order chi connectivity index (χ0) is 11.5. The van der Waals surface area contributed by atoms with E-state index in [0.717, 1.165) is 5.69 Å². The molecule has 0 unspecified atom stereocenters. The molecule has 0 aliphatic rings. The van der Waals surface area contributed by atoms with Crippen molar-refractivity contribution in [3.05, 3.63) is 16.6 Å². The van der Waals surface area contributed by atoms with Gasteiger partial charge in [-0.2, -0.15) is 0 Å². The average Bonchev–Trinajstić information content (AvgIpc) is 2.66. The third-order valence-corrected chi connectivity index (χ3v) is 2.77. The number of nitrogens with zero attached hydrogens (tertiary/aromatic N) is 2. The zero-order valence-corrected chi connectivity index (χ0v) is 10.4. The molecule has 15 heavy (non-hydrogen) atoms. The van der Waals surface area contributed by atoms with E-state index in [1.165, 1.54) is 0 Å². The van der Waals surface area contributed by atoms with Crippen LogP contribution in [0.25, 0.3) is 0 Å². The normalized spacial score (nSPS) is 11.5. The first-order valence-electron chi connectivity index (χ1n) is 4.77. The van der Waals surface area contributed by atoms with Crippen molar-refractivity contribution in [2.75, 3.05) is 14.1 Å². The van der Waals surface area contributed by atoms with Crippen molar-refractivity contribution in [1.29, 1.82) is 0 Å². The lowest BCUT2D eigenvalue weighted by atomic mass is 10.0. The molecular formula is C10H17N3OS. The number of likely N-dealkylation sites (N-methyl/N-ethyl adjacent to an activating group) is 1. The van der Waals surface area contributed by atoms with Crippen LogP contribution in [0.2, 0.25) is 0 Å². The molecule has 1 heterocycles. The first-order chi connectivity index (χ1) is 6.93. The molecule has 1 amide bonds. The largest absolute Gasteiger partial charge is 0.347 e. The summed E-state index contributed by atoms with van der Waals surface area (Å²) in [6.07, 6.45) is 0. The van der Waals surface area contributed by atoms with Crippen molar-refractivity contribution in [1.82, 2.24) is 15.2 Å². The minimum atomic E-state index is -0.548. The van der Waals surface area contributed by atoms with Gasteiger partial charge in [0.1, 0.15) is 0 Å². The molecule has 0 aliphatic heterocycles. The van der Waals surface area contributed by atoms with E-state index in [0.29, 0.717) is 6.54 Å². The van der Waals surface area contributed by atoms with Crippen LogP contribution in [-0.4, -0.2) is 35.4 Å². The highest BCUT2D eigenvalue weighted by Crippen LogP contribution is 2.08. The second kappa shape index (κ2) is 4.72. The van der Waals surface area contributed by atoms with Crippen molar-refractivity contribution < 1.29 is 4.79 Å². The Balaban J connectivity index is 2.53. The van der Waals surface area contributed by atoms with Gasteiger partial charge in [0, 0.05) is 26.0 Å². The van der Waals surface area contributed by atoms with Crippen LogP contribution in [0.15, 0.2) is 10.9 Å². The number of amides is 1. The quantitative estimate of drug-likeness (QED) is 0.838. The summed E-state index contributed by atoms with van der Waals surface area (Å²) in [5.41, 5.74) is 2.21. The van der Waals surface area contributed by atoms with Crippen LogP contribution in [-0.2, 0) is 11.3 Å². The van der Waals surface area contributed by atoms with Crippen LogP contribution in [0.3, 0.4) is 0 Å². The molecular weight excluding hydrogens is 210 g/mol. The number of nitrogens with one attached hydrogen (secondary N) is 1. The molecule has 0 bridgehead atoms. The Bertz CT molecular complexity index is 319. The maximum atomic E-state index is 11.8. The molecule has 0 spiro atoms. The van der Waals surface area contributed by atoms with Gasteiger partial charge in [-0.05, 0) is 13.8 Å². The summed E-state index contributed by atoms with van der Waals surface area (Å²) >= 11 is 1.56. The number of rotatable bonds is 4. The Labute approximate surface area is 94.3 Å². The van der Waals surface area contributed by atoms with Crippen LogP contribution in [0.5, 0.6) is 0 Å². The smallest absolute Gasteiger partial charge is 0.241 e. The lowest BCUT2D eigenvalue weighted by Gasteiger charge is -2.27. The van der Waals surface area contributed by atoms with E-state index in [1.54, 1.807) is 35.8 Å². The van der Waals surface area contributed by atoms with Crippen LogP contribution in [0, 0.1) is 0 Å². The van der Waals surface area contributed by atoms with E-state index in [4.69, 9.17) is 0 Å². The summed E-state index contributed by atoms with van der Waals surface area (Å²) in [5.74, 6) is 0.0673. The van der Waals surface area contributed by atoms with Crippen LogP contribution in [0.1, 0.15) is 19.5 Å². The summed E-state index contributed by atoms with van der Waals surface area (Å²) in [4.78, 5) is 17.5. The number of carbonyl (C=O) groups excluding carboxylic acids is 1. The standard InChI is InChI=1S/C10H17N3OS/c1-10(2,9(14)13(3)4)12-5-8-6-15-7-11-8/h6-7,12H,5H2,1-4H3. The fourth-order valence-corrected chi connectivity index (χ4v) is 1.83. The summed E-state index contributed by atoms with van der Waals surface area (Å²) in [7, 11) is 3.52. The molecule has 0 aromatic carbocycles. The van der Waals surface area contributed by atoms with Crippen LogP contribution >= 0.6 is 11.3 Å². The number of thiazole rings is 1. The lowest BCUT2D eigenvalue weighted by Crippen LogP contribution is -2.51. The summed E-state index contributed by atoms with van der Waals surface area (Å²) in [5, 5.41) is 5.17. The molecule has 1 aromatic heterocycles. The molecule has 0 atom stereocenters. The Morgan fingerprint density at radius 2 is 2.27 bits per heavy atom. The van der Waals surface area contributed by atoms with Gasteiger partial charge in [-0.3, -0.25) is 10.1 Å². The number of carbonyl (C=O) groups is 1. The number of aromatic nitrogens is 1.